The molecule has 3 rings (SSSR count). The molecule has 1 saturated heterocycles. The van der Waals surface area contributed by atoms with E-state index in [0.717, 1.165) is 11.1 Å². The minimum Gasteiger partial charge on any atom is -0.322 e. The van der Waals surface area contributed by atoms with Gasteiger partial charge in [0.1, 0.15) is 0 Å². The molecule has 0 aromatic heterocycles. The van der Waals surface area contributed by atoms with Crippen LogP contribution in [-0.4, -0.2) is 56.8 Å². The molecule has 0 spiro atoms. The lowest BCUT2D eigenvalue weighted by atomic mass is 10.1. The van der Waals surface area contributed by atoms with Crippen LogP contribution >= 0.6 is 0 Å². The van der Waals surface area contributed by atoms with Gasteiger partial charge >= 0.3 is 0 Å². The third-order valence-corrected chi connectivity index (χ3v) is 6.60. The molecule has 0 aliphatic carbocycles. The van der Waals surface area contributed by atoms with Crippen molar-refractivity contribution in [3.63, 3.8) is 0 Å². The zero-order valence-corrected chi connectivity index (χ0v) is 16.9. The lowest BCUT2D eigenvalue weighted by Crippen LogP contribution is -2.47. The number of rotatable bonds is 5. The fourth-order valence-electron chi connectivity index (χ4n) is 2.95. The summed E-state index contributed by atoms with van der Waals surface area (Å²) in [4.78, 5) is 14.5. The van der Waals surface area contributed by atoms with Crippen LogP contribution in [0.1, 0.15) is 11.1 Å². The standard InChI is InChI=1S/C21H25N3O3S/c1-17-6-8-18(9-7-17)10-11-21(25)22-19-4-3-5-20(16-19)28(26,27)24-14-12-23(2)13-15-24/h3-11,16H,12-15H2,1-2H3,(H,22,25)/b11-10+. The Balaban J connectivity index is 1.69. The molecule has 1 aliphatic heterocycles. The Morgan fingerprint density at radius 2 is 1.71 bits per heavy atom. The topological polar surface area (TPSA) is 69.7 Å². The molecular formula is C21H25N3O3S. The highest BCUT2D eigenvalue weighted by atomic mass is 32.2. The minimum atomic E-state index is -3.57. The molecule has 7 heteroatoms. The second-order valence-electron chi connectivity index (χ2n) is 6.97. The Morgan fingerprint density at radius 1 is 1.04 bits per heavy atom. The number of amides is 1. The number of hydrogen-bond acceptors (Lipinski definition) is 4. The van der Waals surface area contributed by atoms with Crippen molar-refractivity contribution in [3.8, 4) is 0 Å². The number of nitrogens with one attached hydrogen (secondary N) is 1. The fraction of sp³-hybridized carbons (Fsp3) is 0.286. The zero-order chi connectivity index (χ0) is 20.1. The van der Waals surface area contributed by atoms with E-state index >= 15 is 0 Å². The summed E-state index contributed by atoms with van der Waals surface area (Å²) in [5.74, 6) is -0.310. The van der Waals surface area contributed by atoms with Gasteiger partial charge in [-0.05, 0) is 43.8 Å². The third kappa shape index (κ3) is 5.07. The maximum absolute atomic E-state index is 12.9. The molecule has 1 N–H and O–H groups in total. The van der Waals surface area contributed by atoms with Crippen molar-refractivity contribution < 1.29 is 13.2 Å². The fourth-order valence-corrected chi connectivity index (χ4v) is 4.41. The summed E-state index contributed by atoms with van der Waals surface area (Å²) in [6.07, 6.45) is 3.16. The monoisotopic (exact) mass is 399 g/mol. The molecule has 0 saturated carbocycles. The van der Waals surface area contributed by atoms with Gasteiger partial charge in [0.2, 0.25) is 15.9 Å². The number of benzene rings is 2. The Hall–Kier alpha value is -2.48. The molecule has 148 valence electrons. The maximum Gasteiger partial charge on any atom is 0.248 e. The maximum atomic E-state index is 12.9. The number of aryl methyl sites for hydroxylation is 1. The molecule has 2 aromatic carbocycles. The molecule has 0 radical (unpaired) electrons. The third-order valence-electron chi connectivity index (χ3n) is 4.71. The SMILES string of the molecule is Cc1ccc(/C=C/C(=O)Nc2cccc(S(=O)(=O)N3CCN(C)CC3)c2)cc1. The molecule has 1 heterocycles. The number of hydrogen-bond donors (Lipinski definition) is 1. The predicted molar refractivity (Wildman–Crippen MR) is 112 cm³/mol. The van der Waals surface area contributed by atoms with Gasteiger partial charge in [0, 0.05) is 37.9 Å². The number of likely N-dealkylation sites (N-methyl/N-ethyl adjacent to an activating group) is 1. The van der Waals surface area contributed by atoms with Gasteiger partial charge in [0.25, 0.3) is 0 Å². The number of sulfonamides is 1. The van der Waals surface area contributed by atoms with E-state index in [4.69, 9.17) is 0 Å². The minimum absolute atomic E-state index is 0.192. The Labute approximate surface area is 166 Å². The van der Waals surface area contributed by atoms with Crippen molar-refractivity contribution in [2.45, 2.75) is 11.8 Å². The van der Waals surface area contributed by atoms with E-state index in [2.05, 4.69) is 10.2 Å². The highest BCUT2D eigenvalue weighted by molar-refractivity contribution is 7.89. The van der Waals surface area contributed by atoms with Crippen LogP contribution in [0.3, 0.4) is 0 Å². The van der Waals surface area contributed by atoms with Gasteiger partial charge in [-0.3, -0.25) is 4.79 Å². The van der Waals surface area contributed by atoms with E-state index < -0.39 is 10.0 Å². The largest absolute Gasteiger partial charge is 0.322 e. The van der Waals surface area contributed by atoms with Crippen LogP contribution in [-0.2, 0) is 14.8 Å². The molecule has 1 fully saturated rings. The molecule has 1 aliphatic rings. The molecule has 1 amide bonds. The number of carbonyl (C=O) groups excluding carboxylic acids is 1. The van der Waals surface area contributed by atoms with Crippen molar-refractivity contribution in [1.29, 1.82) is 0 Å². The van der Waals surface area contributed by atoms with E-state index in [1.807, 2.05) is 38.2 Å². The number of nitrogens with zero attached hydrogens (tertiary/aromatic N) is 2. The van der Waals surface area contributed by atoms with Crippen molar-refractivity contribution in [3.05, 3.63) is 65.7 Å². The molecule has 6 nitrogen and oxygen atoms in total. The molecule has 2 aromatic rings. The summed E-state index contributed by atoms with van der Waals surface area (Å²) in [5.41, 5.74) is 2.53. The quantitative estimate of drug-likeness (QED) is 0.785. The van der Waals surface area contributed by atoms with Crippen LogP contribution in [0.5, 0.6) is 0 Å². The number of anilines is 1. The molecule has 0 bridgehead atoms. The Bertz CT molecular complexity index is 961. The van der Waals surface area contributed by atoms with Crippen LogP contribution in [0.2, 0.25) is 0 Å². The Morgan fingerprint density at radius 3 is 2.39 bits per heavy atom. The lowest BCUT2D eigenvalue weighted by molar-refractivity contribution is -0.111. The average molecular weight is 400 g/mol. The molecule has 0 atom stereocenters. The van der Waals surface area contributed by atoms with Crippen LogP contribution in [0.15, 0.2) is 59.5 Å². The summed E-state index contributed by atoms with van der Waals surface area (Å²) in [6.45, 7) is 4.35. The van der Waals surface area contributed by atoms with E-state index in [9.17, 15) is 13.2 Å². The first-order valence-electron chi connectivity index (χ1n) is 9.19. The van der Waals surface area contributed by atoms with Gasteiger partial charge in [0.05, 0.1) is 4.90 Å². The summed E-state index contributed by atoms with van der Waals surface area (Å²) < 4.78 is 27.2. The van der Waals surface area contributed by atoms with Gasteiger partial charge < -0.3 is 10.2 Å². The summed E-state index contributed by atoms with van der Waals surface area (Å²) in [5, 5.41) is 2.73. The molecule has 28 heavy (non-hydrogen) atoms. The lowest BCUT2D eigenvalue weighted by Gasteiger charge is -2.31. The smallest absolute Gasteiger partial charge is 0.248 e. The van der Waals surface area contributed by atoms with Gasteiger partial charge in [-0.15, -0.1) is 0 Å². The average Bonchev–Trinajstić information content (AvgIpc) is 2.68. The normalized spacial score (nSPS) is 16.4. The Kier molecular flexibility index (Phi) is 6.28. The van der Waals surface area contributed by atoms with E-state index in [1.165, 1.54) is 16.4 Å². The summed E-state index contributed by atoms with van der Waals surface area (Å²) in [7, 11) is -1.59. The molecular weight excluding hydrogens is 374 g/mol. The van der Waals surface area contributed by atoms with Crippen molar-refractivity contribution in [2.75, 3.05) is 38.5 Å². The van der Waals surface area contributed by atoms with Crippen molar-refractivity contribution >= 4 is 27.7 Å². The van der Waals surface area contributed by atoms with Gasteiger partial charge in [0.15, 0.2) is 0 Å². The second kappa shape index (κ2) is 8.68. The highest BCUT2D eigenvalue weighted by Crippen LogP contribution is 2.21. The van der Waals surface area contributed by atoms with Crippen molar-refractivity contribution in [1.82, 2.24) is 9.21 Å². The van der Waals surface area contributed by atoms with E-state index in [0.29, 0.717) is 31.9 Å². The molecule has 0 unspecified atom stereocenters. The van der Waals surface area contributed by atoms with Crippen LogP contribution in [0.4, 0.5) is 5.69 Å². The van der Waals surface area contributed by atoms with Gasteiger partial charge in [-0.2, -0.15) is 4.31 Å². The number of carbonyl (C=O) groups is 1. The second-order valence-corrected chi connectivity index (χ2v) is 8.91. The first kappa shape index (κ1) is 20.3. The van der Waals surface area contributed by atoms with E-state index in [1.54, 1.807) is 24.3 Å². The van der Waals surface area contributed by atoms with Crippen LogP contribution in [0.25, 0.3) is 6.08 Å². The van der Waals surface area contributed by atoms with Crippen molar-refractivity contribution in [2.24, 2.45) is 0 Å². The number of piperazine rings is 1. The van der Waals surface area contributed by atoms with Crippen LogP contribution < -0.4 is 5.32 Å². The van der Waals surface area contributed by atoms with Gasteiger partial charge in [-0.1, -0.05) is 35.9 Å². The summed E-state index contributed by atoms with van der Waals surface area (Å²) >= 11 is 0. The first-order valence-corrected chi connectivity index (χ1v) is 10.6. The summed E-state index contributed by atoms with van der Waals surface area (Å²) in [6, 6.07) is 14.2. The first-order chi connectivity index (χ1) is 13.3. The van der Waals surface area contributed by atoms with E-state index in [-0.39, 0.29) is 10.8 Å². The van der Waals surface area contributed by atoms with Gasteiger partial charge in [-0.25, -0.2) is 8.42 Å². The predicted octanol–water partition coefficient (Wildman–Crippen LogP) is 2.58. The highest BCUT2D eigenvalue weighted by Gasteiger charge is 2.27. The zero-order valence-electron chi connectivity index (χ0n) is 16.1. The van der Waals surface area contributed by atoms with Crippen LogP contribution in [0, 0.1) is 6.92 Å².